The summed E-state index contributed by atoms with van der Waals surface area (Å²) in [5.41, 5.74) is 0.820. The van der Waals surface area contributed by atoms with E-state index in [9.17, 15) is 5.11 Å². The number of aromatic nitrogens is 4. The molecule has 0 saturated carbocycles. The van der Waals surface area contributed by atoms with E-state index in [1.54, 1.807) is 10.9 Å². The van der Waals surface area contributed by atoms with Gasteiger partial charge in [-0.1, -0.05) is 5.16 Å². The molecule has 0 spiro atoms. The molecule has 2 atom stereocenters. The maximum atomic E-state index is 9.42. The Hall–Kier alpha value is -1.73. The minimum atomic E-state index is -0.339. The Kier molecular flexibility index (Phi) is 2.41. The summed E-state index contributed by atoms with van der Waals surface area (Å²) in [6.07, 6.45) is 3.78. The van der Waals surface area contributed by atoms with Gasteiger partial charge in [-0.3, -0.25) is 4.68 Å². The molecular weight excluding hydrogens is 222 g/mol. The summed E-state index contributed by atoms with van der Waals surface area (Å²) in [4.78, 5) is 4.31. The van der Waals surface area contributed by atoms with Crippen LogP contribution in [-0.2, 0) is 7.05 Å². The Labute approximate surface area is 97.4 Å². The fourth-order valence-corrected chi connectivity index (χ4v) is 1.94. The normalized spacial score (nSPS) is 24.4. The number of aliphatic hydroxyl groups is 1. The summed E-state index contributed by atoms with van der Waals surface area (Å²) < 4.78 is 6.87. The molecule has 1 fully saturated rings. The van der Waals surface area contributed by atoms with Gasteiger partial charge < -0.3 is 14.9 Å². The summed E-state index contributed by atoms with van der Waals surface area (Å²) in [5.74, 6) is 1.04. The van der Waals surface area contributed by atoms with Crippen LogP contribution in [0.2, 0.25) is 0 Å². The van der Waals surface area contributed by atoms with Crippen LogP contribution in [0.4, 0.5) is 0 Å². The molecule has 2 aromatic rings. The van der Waals surface area contributed by atoms with Crippen molar-refractivity contribution in [2.45, 2.75) is 18.6 Å². The van der Waals surface area contributed by atoms with Crippen LogP contribution < -0.4 is 5.32 Å². The first-order chi connectivity index (χ1) is 8.22. The zero-order chi connectivity index (χ0) is 11.8. The molecule has 2 aromatic heterocycles. The van der Waals surface area contributed by atoms with E-state index in [0.29, 0.717) is 24.7 Å². The second-order valence-corrected chi connectivity index (χ2v) is 4.21. The van der Waals surface area contributed by atoms with E-state index in [2.05, 4.69) is 20.6 Å². The summed E-state index contributed by atoms with van der Waals surface area (Å²) in [6, 6.07) is -0.0529. The number of hydrogen-bond acceptors (Lipinski definition) is 6. The molecule has 1 saturated heterocycles. The highest BCUT2D eigenvalue weighted by molar-refractivity contribution is 5.51. The average molecular weight is 235 g/mol. The van der Waals surface area contributed by atoms with Crippen LogP contribution in [-0.4, -0.2) is 37.7 Å². The number of aryl methyl sites for hydroxylation is 1. The molecule has 2 N–H and O–H groups in total. The van der Waals surface area contributed by atoms with E-state index >= 15 is 0 Å². The van der Waals surface area contributed by atoms with Gasteiger partial charge in [-0.2, -0.15) is 10.1 Å². The zero-order valence-corrected chi connectivity index (χ0v) is 9.37. The molecule has 7 nitrogen and oxygen atoms in total. The van der Waals surface area contributed by atoms with Crippen LogP contribution in [0.5, 0.6) is 0 Å². The monoisotopic (exact) mass is 235 g/mol. The molecular formula is C10H13N5O2. The average Bonchev–Trinajstić information content (AvgIpc) is 2.96. The van der Waals surface area contributed by atoms with E-state index in [-0.39, 0.29) is 12.1 Å². The van der Waals surface area contributed by atoms with Gasteiger partial charge in [-0.25, -0.2) is 0 Å². The number of nitrogens with zero attached hydrogens (tertiary/aromatic N) is 4. The van der Waals surface area contributed by atoms with E-state index in [1.807, 2.05) is 13.2 Å². The SMILES string of the molecule is Cn1cc(-c2noc([C@@H]3C[C@@H](O)CN3)n2)cn1. The predicted molar refractivity (Wildman–Crippen MR) is 57.9 cm³/mol. The number of rotatable bonds is 2. The Morgan fingerprint density at radius 3 is 3.12 bits per heavy atom. The molecule has 0 aliphatic carbocycles. The Morgan fingerprint density at radius 1 is 1.59 bits per heavy atom. The van der Waals surface area contributed by atoms with Crippen LogP contribution in [0.3, 0.4) is 0 Å². The van der Waals surface area contributed by atoms with E-state index in [4.69, 9.17) is 4.52 Å². The lowest BCUT2D eigenvalue weighted by Crippen LogP contribution is -2.15. The lowest BCUT2D eigenvalue weighted by Gasteiger charge is -2.01. The van der Waals surface area contributed by atoms with Gasteiger partial charge in [0.25, 0.3) is 0 Å². The highest BCUT2D eigenvalue weighted by Crippen LogP contribution is 2.24. The third-order valence-corrected chi connectivity index (χ3v) is 2.81. The van der Waals surface area contributed by atoms with Crippen molar-refractivity contribution in [3.8, 4) is 11.4 Å². The van der Waals surface area contributed by atoms with Crippen LogP contribution in [0.25, 0.3) is 11.4 Å². The molecule has 0 aromatic carbocycles. The molecule has 7 heteroatoms. The van der Waals surface area contributed by atoms with Crippen LogP contribution in [0, 0.1) is 0 Å². The quantitative estimate of drug-likeness (QED) is 0.753. The number of aliphatic hydroxyl groups excluding tert-OH is 1. The van der Waals surface area contributed by atoms with Gasteiger partial charge in [-0.05, 0) is 6.42 Å². The zero-order valence-electron chi connectivity index (χ0n) is 9.37. The van der Waals surface area contributed by atoms with Crippen LogP contribution in [0.1, 0.15) is 18.4 Å². The van der Waals surface area contributed by atoms with Gasteiger partial charge in [0.2, 0.25) is 11.7 Å². The van der Waals surface area contributed by atoms with Gasteiger partial charge in [0.05, 0.1) is 23.9 Å². The lowest BCUT2D eigenvalue weighted by atomic mass is 10.2. The smallest absolute Gasteiger partial charge is 0.244 e. The first-order valence-corrected chi connectivity index (χ1v) is 5.46. The van der Waals surface area contributed by atoms with Crippen molar-refractivity contribution in [1.82, 2.24) is 25.2 Å². The van der Waals surface area contributed by atoms with Gasteiger partial charge in [0.15, 0.2) is 0 Å². The first-order valence-electron chi connectivity index (χ1n) is 5.46. The fraction of sp³-hybridized carbons (Fsp3) is 0.500. The number of β-amino-alcohol motifs (C(OH)–C–C–N with tert-alkyl or cyclic N) is 1. The van der Waals surface area contributed by atoms with Gasteiger partial charge in [0, 0.05) is 19.8 Å². The third-order valence-electron chi connectivity index (χ3n) is 2.81. The topological polar surface area (TPSA) is 89.0 Å². The molecule has 17 heavy (non-hydrogen) atoms. The molecule has 0 unspecified atom stereocenters. The fourth-order valence-electron chi connectivity index (χ4n) is 1.94. The molecule has 0 bridgehead atoms. The van der Waals surface area contributed by atoms with Crippen molar-refractivity contribution in [2.24, 2.45) is 7.05 Å². The van der Waals surface area contributed by atoms with E-state index < -0.39 is 0 Å². The second-order valence-electron chi connectivity index (χ2n) is 4.21. The molecule has 1 aliphatic heterocycles. The van der Waals surface area contributed by atoms with Crippen LogP contribution in [0.15, 0.2) is 16.9 Å². The van der Waals surface area contributed by atoms with Crippen molar-refractivity contribution in [3.05, 3.63) is 18.3 Å². The predicted octanol–water partition coefficient (Wildman–Crippen LogP) is -0.135. The van der Waals surface area contributed by atoms with Crippen molar-refractivity contribution >= 4 is 0 Å². The van der Waals surface area contributed by atoms with Crippen molar-refractivity contribution in [1.29, 1.82) is 0 Å². The Bertz CT molecular complexity index is 520. The molecule has 1 aliphatic rings. The summed E-state index contributed by atoms with van der Waals surface area (Å²) in [7, 11) is 1.83. The van der Waals surface area contributed by atoms with Gasteiger partial charge in [0.1, 0.15) is 0 Å². The van der Waals surface area contributed by atoms with Crippen LogP contribution >= 0.6 is 0 Å². The molecule has 3 rings (SSSR count). The number of hydrogen-bond donors (Lipinski definition) is 2. The Balaban J connectivity index is 1.83. The Morgan fingerprint density at radius 2 is 2.47 bits per heavy atom. The minimum absolute atomic E-state index is 0.0529. The summed E-state index contributed by atoms with van der Waals surface area (Å²) >= 11 is 0. The van der Waals surface area contributed by atoms with E-state index in [1.165, 1.54) is 0 Å². The molecule has 0 amide bonds. The molecule has 3 heterocycles. The van der Waals surface area contributed by atoms with Gasteiger partial charge in [-0.15, -0.1) is 0 Å². The summed E-state index contributed by atoms with van der Waals surface area (Å²) in [5, 5.41) is 20.5. The second kappa shape index (κ2) is 3.94. The van der Waals surface area contributed by atoms with Gasteiger partial charge >= 0.3 is 0 Å². The highest BCUT2D eigenvalue weighted by atomic mass is 16.5. The van der Waals surface area contributed by atoms with Crippen molar-refractivity contribution in [3.63, 3.8) is 0 Å². The summed E-state index contributed by atoms with van der Waals surface area (Å²) in [6.45, 7) is 0.565. The van der Waals surface area contributed by atoms with E-state index in [0.717, 1.165) is 5.56 Å². The first kappa shape index (κ1) is 10.4. The maximum Gasteiger partial charge on any atom is 0.244 e. The maximum absolute atomic E-state index is 9.42. The third kappa shape index (κ3) is 1.94. The largest absolute Gasteiger partial charge is 0.392 e. The minimum Gasteiger partial charge on any atom is -0.392 e. The standard InChI is InChI=1S/C10H13N5O2/c1-15-5-6(3-12-15)9-13-10(17-14-9)8-2-7(16)4-11-8/h3,5,7-8,11,16H,2,4H2,1H3/t7-,8+/m1/s1. The lowest BCUT2D eigenvalue weighted by molar-refractivity contribution is 0.191. The number of nitrogens with one attached hydrogen (secondary N) is 1. The van der Waals surface area contributed by atoms with Crippen molar-refractivity contribution < 1.29 is 9.63 Å². The highest BCUT2D eigenvalue weighted by Gasteiger charge is 2.28. The molecule has 90 valence electrons. The van der Waals surface area contributed by atoms with Crippen molar-refractivity contribution in [2.75, 3.05) is 6.54 Å². The molecule has 0 radical (unpaired) electrons.